The predicted octanol–water partition coefficient (Wildman–Crippen LogP) is 5.18. The first-order chi connectivity index (χ1) is 14.5. The number of carboxylic acids is 1. The summed E-state index contributed by atoms with van der Waals surface area (Å²) in [5, 5.41) is 9.22. The first-order valence-corrected chi connectivity index (χ1v) is 11.0. The number of nitrogens with zero attached hydrogens (tertiary/aromatic N) is 1. The average molecular weight is 519 g/mol. The Kier molecular flexibility index (Phi) is 7.93. The molecule has 30 heavy (non-hydrogen) atoms. The Hall–Kier alpha value is -2.32. The highest BCUT2D eigenvalue weighted by atomic mass is 127. The molecule has 0 amide bonds. The first-order valence-electron chi connectivity index (χ1n) is 9.96. The van der Waals surface area contributed by atoms with E-state index in [0.717, 1.165) is 17.9 Å². The zero-order valence-electron chi connectivity index (χ0n) is 17.2. The fourth-order valence-corrected chi connectivity index (χ4v) is 3.71. The maximum absolute atomic E-state index is 11.2. The minimum atomic E-state index is -0.941. The van der Waals surface area contributed by atoms with Crippen LogP contribution in [0.15, 0.2) is 60.7 Å². The largest absolute Gasteiger partial charge is 0.492 e. The second-order valence-electron chi connectivity index (χ2n) is 7.00. The Bertz CT molecular complexity index is 964. The number of hydrogen-bond donors (Lipinski definition) is 1. The monoisotopic (exact) mass is 519 g/mol. The van der Waals surface area contributed by atoms with E-state index in [9.17, 15) is 9.90 Å². The van der Waals surface area contributed by atoms with E-state index in [0.29, 0.717) is 19.6 Å². The predicted molar refractivity (Wildman–Crippen MR) is 126 cm³/mol. The van der Waals surface area contributed by atoms with Gasteiger partial charge in [0.2, 0.25) is 0 Å². The zero-order chi connectivity index (χ0) is 21.5. The summed E-state index contributed by atoms with van der Waals surface area (Å²) in [5.74, 6) is -0.175. The van der Waals surface area contributed by atoms with E-state index in [2.05, 4.69) is 70.5 Å². The van der Waals surface area contributed by atoms with E-state index in [1.165, 1.54) is 20.5 Å². The van der Waals surface area contributed by atoms with Crippen LogP contribution in [0.3, 0.4) is 0 Å². The molecule has 1 atom stereocenters. The van der Waals surface area contributed by atoms with Crippen molar-refractivity contribution in [2.75, 3.05) is 13.2 Å². The van der Waals surface area contributed by atoms with Crippen LogP contribution in [0.4, 0.5) is 0 Å². The first kappa shape index (κ1) is 22.4. The molecule has 1 N–H and O–H groups in total. The highest BCUT2D eigenvalue weighted by Crippen LogP contribution is 2.23. The normalized spacial score (nSPS) is 12.0. The summed E-state index contributed by atoms with van der Waals surface area (Å²) in [6, 6.07) is 20.3. The lowest BCUT2D eigenvalue weighted by Gasteiger charge is -2.14. The van der Waals surface area contributed by atoms with Gasteiger partial charge in [-0.25, -0.2) is 4.79 Å². The molecule has 0 fully saturated rings. The summed E-state index contributed by atoms with van der Waals surface area (Å²) in [6.07, 6.45) is -0.482. The van der Waals surface area contributed by atoms with Crippen LogP contribution in [0.25, 0.3) is 11.3 Å². The molecule has 0 bridgehead atoms. The molecule has 0 aliphatic rings. The number of aryl methyl sites for hydroxylation is 1. The van der Waals surface area contributed by atoms with Crippen LogP contribution in [-0.4, -0.2) is 35.0 Å². The van der Waals surface area contributed by atoms with Crippen LogP contribution in [0.1, 0.15) is 18.2 Å². The van der Waals surface area contributed by atoms with Crippen molar-refractivity contribution in [2.24, 2.45) is 0 Å². The van der Waals surface area contributed by atoms with E-state index < -0.39 is 12.1 Å². The number of benzene rings is 2. The molecule has 3 aromatic rings. The van der Waals surface area contributed by atoms with Gasteiger partial charge in [-0.1, -0.05) is 24.3 Å². The second-order valence-corrected chi connectivity index (χ2v) is 8.24. The number of ether oxygens (including phenoxy) is 2. The van der Waals surface area contributed by atoms with E-state index in [4.69, 9.17) is 9.47 Å². The zero-order valence-corrected chi connectivity index (χ0v) is 19.3. The number of carboxylic acid groups (broad SMARTS) is 1. The van der Waals surface area contributed by atoms with Gasteiger partial charge < -0.3 is 19.1 Å². The second kappa shape index (κ2) is 10.6. The Balaban J connectivity index is 1.59. The van der Waals surface area contributed by atoms with Crippen molar-refractivity contribution in [3.05, 3.63) is 75.5 Å². The molecule has 0 aliphatic carbocycles. The van der Waals surface area contributed by atoms with Crippen molar-refractivity contribution in [3.8, 4) is 17.0 Å². The molecule has 158 valence electrons. The molecule has 3 rings (SSSR count). The van der Waals surface area contributed by atoms with E-state index >= 15 is 0 Å². The van der Waals surface area contributed by atoms with Gasteiger partial charge in [0.15, 0.2) is 6.10 Å². The van der Waals surface area contributed by atoms with E-state index in [-0.39, 0.29) is 0 Å². The minimum Gasteiger partial charge on any atom is -0.492 e. The molecule has 0 unspecified atom stereocenters. The van der Waals surface area contributed by atoms with Crippen LogP contribution in [0, 0.1) is 10.5 Å². The Morgan fingerprint density at radius 3 is 2.40 bits per heavy atom. The summed E-state index contributed by atoms with van der Waals surface area (Å²) in [5.41, 5.74) is 4.47. The average Bonchev–Trinajstić information content (AvgIpc) is 3.10. The van der Waals surface area contributed by atoms with Crippen LogP contribution >= 0.6 is 22.6 Å². The van der Waals surface area contributed by atoms with Gasteiger partial charge in [0.05, 0.1) is 6.54 Å². The van der Waals surface area contributed by atoms with Gasteiger partial charge in [-0.15, -0.1) is 0 Å². The highest BCUT2D eigenvalue weighted by Gasteiger charge is 2.17. The van der Waals surface area contributed by atoms with Crippen molar-refractivity contribution in [1.82, 2.24) is 4.57 Å². The molecule has 2 aromatic carbocycles. The third kappa shape index (κ3) is 5.86. The van der Waals surface area contributed by atoms with Crippen molar-refractivity contribution in [1.29, 1.82) is 0 Å². The van der Waals surface area contributed by atoms with Crippen LogP contribution in [0.5, 0.6) is 5.75 Å². The molecule has 0 radical (unpaired) electrons. The molecule has 0 spiro atoms. The van der Waals surface area contributed by atoms with Crippen LogP contribution in [0.2, 0.25) is 0 Å². The summed E-state index contributed by atoms with van der Waals surface area (Å²) >= 11 is 2.31. The summed E-state index contributed by atoms with van der Waals surface area (Å²) in [4.78, 5) is 11.2. The molecule has 0 saturated carbocycles. The van der Waals surface area contributed by atoms with E-state index in [1.807, 2.05) is 24.3 Å². The molecule has 1 aromatic heterocycles. The Labute approximate surface area is 190 Å². The highest BCUT2D eigenvalue weighted by molar-refractivity contribution is 14.1. The number of aliphatic carboxylic acids is 1. The minimum absolute atomic E-state index is 0.339. The summed E-state index contributed by atoms with van der Waals surface area (Å²) in [7, 11) is 0. The van der Waals surface area contributed by atoms with Gasteiger partial charge in [0.1, 0.15) is 12.4 Å². The lowest BCUT2D eigenvalue weighted by Crippen LogP contribution is -2.26. The van der Waals surface area contributed by atoms with Gasteiger partial charge >= 0.3 is 5.97 Å². The van der Waals surface area contributed by atoms with Gasteiger partial charge in [0.25, 0.3) is 0 Å². The fraction of sp³-hybridized carbons (Fsp3) is 0.292. The molecular formula is C24H26INO4. The van der Waals surface area contributed by atoms with Gasteiger partial charge in [0, 0.05) is 28.0 Å². The smallest absolute Gasteiger partial charge is 0.333 e. The number of aromatic nitrogens is 1. The van der Waals surface area contributed by atoms with Gasteiger partial charge in [-0.3, -0.25) is 0 Å². The van der Waals surface area contributed by atoms with E-state index in [1.54, 1.807) is 6.92 Å². The van der Waals surface area contributed by atoms with Crippen molar-refractivity contribution in [2.45, 2.75) is 32.9 Å². The topological polar surface area (TPSA) is 60.7 Å². The van der Waals surface area contributed by atoms with Crippen LogP contribution in [-0.2, 0) is 22.5 Å². The lowest BCUT2D eigenvalue weighted by atomic mass is 10.1. The van der Waals surface area contributed by atoms with Crippen molar-refractivity contribution >= 4 is 28.6 Å². The third-order valence-electron chi connectivity index (χ3n) is 4.91. The number of rotatable bonds is 10. The lowest BCUT2D eigenvalue weighted by molar-refractivity contribution is -0.149. The maximum atomic E-state index is 11.2. The van der Waals surface area contributed by atoms with Gasteiger partial charge in [-0.05, 0) is 84.0 Å². The third-order valence-corrected chi connectivity index (χ3v) is 5.63. The van der Waals surface area contributed by atoms with Crippen molar-refractivity contribution < 1.29 is 19.4 Å². The molecule has 0 aliphatic heterocycles. The standard InChI is InChI=1S/C24H26INO4/c1-3-29-23(24(27)28)16-18-5-11-21(12-6-18)30-15-14-26-17(2)4-13-22(26)19-7-9-20(25)10-8-19/h4-13,23H,3,14-16H2,1-2H3,(H,27,28)/t23-/m0/s1. The van der Waals surface area contributed by atoms with Crippen molar-refractivity contribution in [3.63, 3.8) is 0 Å². The Morgan fingerprint density at radius 1 is 1.07 bits per heavy atom. The summed E-state index contributed by atoms with van der Waals surface area (Å²) < 4.78 is 14.7. The molecule has 0 saturated heterocycles. The molecule has 1 heterocycles. The fourth-order valence-electron chi connectivity index (χ4n) is 3.35. The maximum Gasteiger partial charge on any atom is 0.333 e. The molecule has 5 nitrogen and oxygen atoms in total. The van der Waals surface area contributed by atoms with Crippen LogP contribution < -0.4 is 4.74 Å². The number of carbonyl (C=O) groups is 1. The SMILES string of the molecule is CCO[C@@H](Cc1ccc(OCCn2c(C)ccc2-c2ccc(I)cc2)cc1)C(=O)O. The Morgan fingerprint density at radius 2 is 1.77 bits per heavy atom. The number of halogens is 1. The molecular weight excluding hydrogens is 493 g/mol. The van der Waals surface area contributed by atoms with Gasteiger partial charge in [-0.2, -0.15) is 0 Å². The quantitative estimate of drug-likeness (QED) is 0.375. The number of hydrogen-bond acceptors (Lipinski definition) is 3. The summed E-state index contributed by atoms with van der Waals surface area (Å²) in [6.45, 7) is 5.56. The molecule has 6 heteroatoms.